The lowest BCUT2D eigenvalue weighted by molar-refractivity contribution is 0.0926. The van der Waals surface area contributed by atoms with E-state index < -0.39 is 0 Å². The highest BCUT2D eigenvalue weighted by Crippen LogP contribution is 2.17. The molecule has 0 spiro atoms. The molecule has 1 N–H and O–H groups in total. The van der Waals surface area contributed by atoms with E-state index in [0.29, 0.717) is 10.8 Å². The fourth-order valence-corrected chi connectivity index (χ4v) is 2.34. The molecule has 0 aliphatic rings. The van der Waals surface area contributed by atoms with Crippen molar-refractivity contribution < 1.29 is 4.79 Å². The molecule has 0 saturated heterocycles. The predicted octanol–water partition coefficient (Wildman–Crippen LogP) is 4.34. The van der Waals surface area contributed by atoms with E-state index in [2.05, 4.69) is 29.1 Å². The molecule has 0 aliphatic heterocycles. The van der Waals surface area contributed by atoms with Crippen molar-refractivity contribution in [3.63, 3.8) is 0 Å². The van der Waals surface area contributed by atoms with Gasteiger partial charge in [-0.25, -0.2) is 9.97 Å². The number of rotatable bonds is 8. The van der Waals surface area contributed by atoms with Crippen LogP contribution >= 0.6 is 11.6 Å². The first-order valence-electron chi connectivity index (χ1n) is 7.82. The molecule has 0 radical (unpaired) electrons. The molecule has 1 unspecified atom stereocenters. The predicted molar refractivity (Wildman–Crippen MR) is 86.8 cm³/mol. The lowest BCUT2D eigenvalue weighted by Crippen LogP contribution is -2.35. The zero-order chi connectivity index (χ0) is 15.8. The van der Waals surface area contributed by atoms with Crippen molar-refractivity contribution in [1.29, 1.82) is 0 Å². The van der Waals surface area contributed by atoms with Gasteiger partial charge in [-0.3, -0.25) is 4.79 Å². The minimum absolute atomic E-state index is 0.167. The van der Waals surface area contributed by atoms with Crippen molar-refractivity contribution in [2.75, 3.05) is 0 Å². The molecule has 1 amide bonds. The largest absolute Gasteiger partial charge is 0.348 e. The van der Waals surface area contributed by atoms with Gasteiger partial charge in [0.2, 0.25) is 0 Å². The van der Waals surface area contributed by atoms with Gasteiger partial charge in [0.15, 0.2) is 0 Å². The standard InChI is InChI=1S/C16H26ClN3O/c1-5-7-9-12(8-6-2)19-16(21)14-13(17)10-18-15(20-14)11(3)4/h10-12H,5-9H2,1-4H3,(H,19,21). The topological polar surface area (TPSA) is 54.9 Å². The molecule has 21 heavy (non-hydrogen) atoms. The molecule has 1 atom stereocenters. The van der Waals surface area contributed by atoms with Crippen LogP contribution in [-0.2, 0) is 0 Å². The van der Waals surface area contributed by atoms with E-state index >= 15 is 0 Å². The highest BCUT2D eigenvalue weighted by atomic mass is 35.5. The fourth-order valence-electron chi connectivity index (χ4n) is 2.16. The molecule has 1 rings (SSSR count). The van der Waals surface area contributed by atoms with Crippen LogP contribution < -0.4 is 5.32 Å². The number of nitrogens with one attached hydrogen (secondary N) is 1. The summed E-state index contributed by atoms with van der Waals surface area (Å²) in [5, 5.41) is 3.37. The second-order valence-corrected chi connectivity index (χ2v) is 6.09. The van der Waals surface area contributed by atoms with Crippen molar-refractivity contribution in [3.05, 3.63) is 22.7 Å². The first-order chi connectivity index (χ1) is 9.99. The third kappa shape index (κ3) is 5.62. The summed E-state index contributed by atoms with van der Waals surface area (Å²) in [4.78, 5) is 20.9. The van der Waals surface area contributed by atoms with Crippen LogP contribution in [0, 0.1) is 0 Å². The van der Waals surface area contributed by atoms with Gasteiger partial charge in [0.1, 0.15) is 11.5 Å². The Bertz CT molecular complexity index is 463. The normalized spacial score (nSPS) is 12.5. The lowest BCUT2D eigenvalue weighted by Gasteiger charge is -2.18. The zero-order valence-electron chi connectivity index (χ0n) is 13.4. The highest BCUT2D eigenvalue weighted by Gasteiger charge is 2.18. The van der Waals surface area contributed by atoms with Crippen LogP contribution in [0.1, 0.15) is 82.0 Å². The Morgan fingerprint density at radius 2 is 2.00 bits per heavy atom. The number of amides is 1. The summed E-state index contributed by atoms with van der Waals surface area (Å²) in [5.74, 6) is 0.615. The number of hydrogen-bond acceptors (Lipinski definition) is 3. The van der Waals surface area contributed by atoms with Crippen molar-refractivity contribution in [2.24, 2.45) is 0 Å². The zero-order valence-corrected chi connectivity index (χ0v) is 14.2. The quantitative estimate of drug-likeness (QED) is 0.777. The molecule has 0 bridgehead atoms. The molecule has 1 aromatic heterocycles. The second kappa shape index (κ2) is 8.98. The van der Waals surface area contributed by atoms with E-state index in [4.69, 9.17) is 11.6 Å². The van der Waals surface area contributed by atoms with Crippen molar-refractivity contribution in [2.45, 2.75) is 71.8 Å². The van der Waals surface area contributed by atoms with Gasteiger partial charge >= 0.3 is 0 Å². The first-order valence-corrected chi connectivity index (χ1v) is 8.20. The van der Waals surface area contributed by atoms with Gasteiger partial charge < -0.3 is 5.32 Å². The Hall–Kier alpha value is -1.16. The second-order valence-electron chi connectivity index (χ2n) is 5.68. The van der Waals surface area contributed by atoms with Crippen LogP contribution in [0.2, 0.25) is 5.02 Å². The van der Waals surface area contributed by atoms with Crippen molar-refractivity contribution in [3.8, 4) is 0 Å². The van der Waals surface area contributed by atoms with E-state index in [1.807, 2.05) is 13.8 Å². The Kier molecular flexibility index (Phi) is 7.65. The molecule has 0 fully saturated rings. The minimum atomic E-state index is -0.196. The lowest BCUT2D eigenvalue weighted by atomic mass is 10.0. The Labute approximate surface area is 132 Å². The molecular formula is C16H26ClN3O. The number of carbonyl (C=O) groups is 1. The van der Waals surface area contributed by atoms with Gasteiger partial charge in [-0.1, -0.05) is 58.6 Å². The van der Waals surface area contributed by atoms with Crippen molar-refractivity contribution in [1.82, 2.24) is 15.3 Å². The molecular weight excluding hydrogens is 286 g/mol. The maximum atomic E-state index is 12.4. The maximum Gasteiger partial charge on any atom is 0.271 e. The minimum Gasteiger partial charge on any atom is -0.348 e. The summed E-state index contributed by atoms with van der Waals surface area (Å²) in [5.41, 5.74) is 0.285. The number of halogens is 1. The molecule has 5 heteroatoms. The van der Waals surface area contributed by atoms with Gasteiger partial charge in [-0.2, -0.15) is 0 Å². The maximum absolute atomic E-state index is 12.4. The SMILES string of the molecule is CCCCC(CCC)NC(=O)c1nc(C(C)C)ncc1Cl. The van der Waals surface area contributed by atoms with Gasteiger partial charge in [0, 0.05) is 12.0 Å². The Morgan fingerprint density at radius 1 is 1.29 bits per heavy atom. The molecule has 1 aromatic rings. The fraction of sp³-hybridized carbons (Fsp3) is 0.688. The van der Waals surface area contributed by atoms with E-state index in [1.54, 1.807) is 0 Å². The molecule has 1 heterocycles. The first kappa shape index (κ1) is 17.9. The van der Waals surface area contributed by atoms with Gasteiger partial charge in [-0.15, -0.1) is 0 Å². The molecule has 0 aliphatic carbocycles. The summed E-state index contributed by atoms with van der Waals surface area (Å²) < 4.78 is 0. The van der Waals surface area contributed by atoms with Gasteiger partial charge in [-0.05, 0) is 12.8 Å². The smallest absolute Gasteiger partial charge is 0.271 e. The number of carbonyl (C=O) groups excluding carboxylic acids is 1. The van der Waals surface area contributed by atoms with E-state index in [9.17, 15) is 4.79 Å². The van der Waals surface area contributed by atoms with Crippen LogP contribution in [0.4, 0.5) is 0 Å². The van der Waals surface area contributed by atoms with Gasteiger partial charge in [0.05, 0.1) is 11.2 Å². The summed E-state index contributed by atoms with van der Waals surface area (Å²) in [7, 11) is 0. The van der Waals surface area contributed by atoms with Crippen LogP contribution in [0.5, 0.6) is 0 Å². The van der Waals surface area contributed by atoms with Crippen molar-refractivity contribution >= 4 is 17.5 Å². The van der Waals surface area contributed by atoms with E-state index in [-0.39, 0.29) is 23.6 Å². The van der Waals surface area contributed by atoms with Crippen LogP contribution in [0.15, 0.2) is 6.20 Å². The average Bonchev–Trinajstić information content (AvgIpc) is 2.45. The molecule has 0 saturated carbocycles. The highest BCUT2D eigenvalue weighted by molar-refractivity contribution is 6.33. The summed E-state index contributed by atoms with van der Waals surface area (Å²) in [6, 6.07) is 0.191. The summed E-state index contributed by atoms with van der Waals surface area (Å²) in [6.07, 6.45) is 6.77. The average molecular weight is 312 g/mol. The molecule has 0 aromatic carbocycles. The molecule has 118 valence electrons. The summed E-state index contributed by atoms with van der Waals surface area (Å²) >= 11 is 6.07. The van der Waals surface area contributed by atoms with Crippen LogP contribution in [0.3, 0.4) is 0 Å². The van der Waals surface area contributed by atoms with Gasteiger partial charge in [0.25, 0.3) is 5.91 Å². The number of unbranched alkanes of at least 4 members (excludes halogenated alkanes) is 1. The number of nitrogens with zero attached hydrogens (tertiary/aromatic N) is 2. The number of hydrogen-bond donors (Lipinski definition) is 1. The van der Waals surface area contributed by atoms with E-state index in [0.717, 1.165) is 32.1 Å². The Balaban J connectivity index is 2.83. The third-order valence-electron chi connectivity index (χ3n) is 3.37. The monoisotopic (exact) mass is 311 g/mol. The summed E-state index contributed by atoms with van der Waals surface area (Å²) in [6.45, 7) is 8.26. The third-order valence-corrected chi connectivity index (χ3v) is 3.65. The van der Waals surface area contributed by atoms with E-state index in [1.165, 1.54) is 6.20 Å². The van der Waals surface area contributed by atoms with Crippen LogP contribution in [-0.4, -0.2) is 21.9 Å². The number of aromatic nitrogens is 2. The Morgan fingerprint density at radius 3 is 2.57 bits per heavy atom. The van der Waals surface area contributed by atoms with Crippen LogP contribution in [0.25, 0.3) is 0 Å². The molecule has 4 nitrogen and oxygen atoms in total.